The standard InChI is InChI=1S/C6H2N4O2/c11-5-3(1-7-9-5)4-2-8-10-6(4)12/h1-2H. The Morgan fingerprint density at radius 1 is 0.833 bits per heavy atom. The summed E-state index contributed by atoms with van der Waals surface area (Å²) in [5, 5.41) is 13.2. The molecule has 0 atom stereocenters. The van der Waals surface area contributed by atoms with Gasteiger partial charge in [0.25, 0.3) is 11.8 Å². The molecule has 0 aromatic heterocycles. The summed E-state index contributed by atoms with van der Waals surface area (Å²) in [4.78, 5) is 21.8. The normalized spacial score (nSPS) is 20.3. The van der Waals surface area contributed by atoms with Crippen LogP contribution in [0.5, 0.6) is 0 Å². The van der Waals surface area contributed by atoms with E-state index in [1.807, 2.05) is 0 Å². The van der Waals surface area contributed by atoms with Crippen LogP contribution in [0, 0.1) is 0 Å². The van der Waals surface area contributed by atoms with Crippen molar-refractivity contribution in [2.45, 2.75) is 0 Å². The van der Waals surface area contributed by atoms with Crippen LogP contribution in [-0.4, -0.2) is 11.8 Å². The van der Waals surface area contributed by atoms with Gasteiger partial charge in [0.15, 0.2) is 0 Å². The molecule has 2 aliphatic rings. The highest BCUT2D eigenvalue weighted by Gasteiger charge is 2.25. The maximum absolute atomic E-state index is 10.9. The van der Waals surface area contributed by atoms with Crippen molar-refractivity contribution in [2.75, 3.05) is 0 Å². The number of carbonyl (C=O) groups is 2. The zero-order valence-electron chi connectivity index (χ0n) is 5.76. The first-order valence-corrected chi connectivity index (χ1v) is 3.10. The Hall–Kier alpha value is -1.98. The van der Waals surface area contributed by atoms with Crippen molar-refractivity contribution in [1.82, 2.24) is 0 Å². The van der Waals surface area contributed by atoms with E-state index in [1.165, 1.54) is 12.4 Å². The summed E-state index contributed by atoms with van der Waals surface area (Å²) in [6, 6.07) is 0. The Bertz CT molecular complexity index is 350. The number of azo groups is 2. The van der Waals surface area contributed by atoms with Crippen LogP contribution in [0.3, 0.4) is 0 Å². The van der Waals surface area contributed by atoms with Crippen LogP contribution in [0.15, 0.2) is 44.0 Å². The van der Waals surface area contributed by atoms with E-state index in [-0.39, 0.29) is 11.1 Å². The summed E-state index contributed by atoms with van der Waals surface area (Å²) >= 11 is 0. The minimum Gasteiger partial charge on any atom is -0.265 e. The molecule has 0 spiro atoms. The molecule has 0 N–H and O–H groups in total. The van der Waals surface area contributed by atoms with Gasteiger partial charge in [-0.3, -0.25) is 9.59 Å². The lowest BCUT2D eigenvalue weighted by atomic mass is 10.1. The third kappa shape index (κ3) is 0.815. The molecule has 0 saturated heterocycles. The molecule has 2 aliphatic heterocycles. The van der Waals surface area contributed by atoms with Gasteiger partial charge in [0.1, 0.15) is 0 Å². The molecule has 0 bridgehead atoms. The smallest absolute Gasteiger partial charge is 0.265 e. The minimum atomic E-state index is -0.526. The van der Waals surface area contributed by atoms with Gasteiger partial charge in [0.05, 0.1) is 23.5 Å². The molecule has 12 heavy (non-hydrogen) atoms. The van der Waals surface area contributed by atoms with Crippen LogP contribution in [0.1, 0.15) is 0 Å². The molecule has 6 heteroatoms. The van der Waals surface area contributed by atoms with Gasteiger partial charge in [-0.25, -0.2) is 0 Å². The molecule has 6 nitrogen and oxygen atoms in total. The summed E-state index contributed by atoms with van der Waals surface area (Å²) in [6.45, 7) is 0. The van der Waals surface area contributed by atoms with Gasteiger partial charge in [0.2, 0.25) is 0 Å². The van der Waals surface area contributed by atoms with E-state index in [0.29, 0.717) is 0 Å². The van der Waals surface area contributed by atoms with E-state index < -0.39 is 11.8 Å². The molecule has 0 fully saturated rings. The Morgan fingerprint density at radius 2 is 1.25 bits per heavy atom. The molecule has 0 aliphatic carbocycles. The van der Waals surface area contributed by atoms with Crippen molar-refractivity contribution in [3.05, 3.63) is 23.5 Å². The number of hydrogen-bond donors (Lipinski definition) is 0. The van der Waals surface area contributed by atoms with Gasteiger partial charge in [-0.2, -0.15) is 10.2 Å². The van der Waals surface area contributed by atoms with Crippen LogP contribution in [0.25, 0.3) is 0 Å². The van der Waals surface area contributed by atoms with Gasteiger partial charge in [0, 0.05) is 0 Å². The molecule has 2 rings (SSSR count). The molecule has 0 saturated carbocycles. The third-order valence-corrected chi connectivity index (χ3v) is 1.42. The van der Waals surface area contributed by atoms with Crippen molar-refractivity contribution < 1.29 is 9.59 Å². The largest absolute Gasteiger partial charge is 0.297 e. The summed E-state index contributed by atoms with van der Waals surface area (Å²) < 4.78 is 0. The lowest BCUT2D eigenvalue weighted by Crippen LogP contribution is -2.03. The lowest BCUT2D eigenvalue weighted by Gasteiger charge is -1.92. The first-order chi connectivity index (χ1) is 5.79. The van der Waals surface area contributed by atoms with E-state index in [1.54, 1.807) is 0 Å². The van der Waals surface area contributed by atoms with Gasteiger partial charge in [-0.05, 0) is 0 Å². The van der Waals surface area contributed by atoms with E-state index in [9.17, 15) is 9.59 Å². The predicted octanol–water partition coefficient (Wildman–Crippen LogP) is 0.739. The second-order valence-corrected chi connectivity index (χ2v) is 2.13. The summed E-state index contributed by atoms with van der Waals surface area (Å²) in [5.74, 6) is -1.05. The molecule has 2 heterocycles. The summed E-state index contributed by atoms with van der Waals surface area (Å²) in [7, 11) is 0. The van der Waals surface area contributed by atoms with E-state index in [2.05, 4.69) is 20.5 Å². The van der Waals surface area contributed by atoms with Crippen molar-refractivity contribution in [3.8, 4) is 0 Å². The quantitative estimate of drug-likeness (QED) is 0.569. The molecule has 2 amide bonds. The Labute approximate surface area is 66.4 Å². The Kier molecular flexibility index (Phi) is 1.26. The fraction of sp³-hybridized carbons (Fsp3) is 0. The lowest BCUT2D eigenvalue weighted by molar-refractivity contribution is -0.117. The van der Waals surface area contributed by atoms with Crippen LogP contribution in [0.4, 0.5) is 0 Å². The van der Waals surface area contributed by atoms with Gasteiger partial charge in [-0.15, -0.1) is 10.2 Å². The minimum absolute atomic E-state index is 0.157. The first-order valence-electron chi connectivity index (χ1n) is 3.10. The molecular weight excluding hydrogens is 160 g/mol. The maximum atomic E-state index is 10.9. The summed E-state index contributed by atoms with van der Waals surface area (Å²) in [6.07, 6.45) is 2.45. The second kappa shape index (κ2) is 2.26. The van der Waals surface area contributed by atoms with Crippen molar-refractivity contribution in [3.63, 3.8) is 0 Å². The number of hydrogen-bond acceptors (Lipinski definition) is 4. The Balaban J connectivity index is 2.35. The first kappa shape index (κ1) is 6.71. The second-order valence-electron chi connectivity index (χ2n) is 2.13. The maximum Gasteiger partial charge on any atom is 0.297 e. The topological polar surface area (TPSA) is 83.6 Å². The number of nitrogens with zero attached hydrogens (tertiary/aromatic N) is 4. The van der Waals surface area contributed by atoms with Crippen molar-refractivity contribution in [2.24, 2.45) is 20.5 Å². The SMILES string of the molecule is O=C1N=NC=C1C1=CN=NC1=O. The monoisotopic (exact) mass is 162 g/mol. The Morgan fingerprint density at radius 3 is 1.50 bits per heavy atom. The molecule has 58 valence electrons. The number of rotatable bonds is 1. The fourth-order valence-corrected chi connectivity index (χ4v) is 0.866. The van der Waals surface area contributed by atoms with E-state index in [0.717, 1.165) is 0 Å². The highest BCUT2D eigenvalue weighted by atomic mass is 16.2. The van der Waals surface area contributed by atoms with Crippen LogP contribution >= 0.6 is 0 Å². The molecule has 0 aromatic rings. The van der Waals surface area contributed by atoms with Crippen molar-refractivity contribution >= 4 is 11.8 Å². The molecule has 0 unspecified atom stereocenters. The van der Waals surface area contributed by atoms with E-state index in [4.69, 9.17) is 0 Å². The van der Waals surface area contributed by atoms with E-state index >= 15 is 0 Å². The zero-order valence-corrected chi connectivity index (χ0v) is 5.76. The van der Waals surface area contributed by atoms with Gasteiger partial charge < -0.3 is 0 Å². The zero-order chi connectivity index (χ0) is 8.55. The number of carbonyl (C=O) groups excluding carboxylic acids is 2. The van der Waals surface area contributed by atoms with Crippen molar-refractivity contribution in [1.29, 1.82) is 0 Å². The van der Waals surface area contributed by atoms with Crippen LogP contribution < -0.4 is 0 Å². The predicted molar refractivity (Wildman–Crippen MR) is 35.9 cm³/mol. The molecule has 0 aromatic carbocycles. The average molecular weight is 162 g/mol. The molecule has 0 radical (unpaired) electrons. The highest BCUT2D eigenvalue weighted by molar-refractivity contribution is 6.12. The third-order valence-electron chi connectivity index (χ3n) is 1.42. The summed E-state index contributed by atoms with van der Waals surface area (Å²) in [5.41, 5.74) is 0.315. The average Bonchev–Trinajstić information content (AvgIpc) is 2.59. The van der Waals surface area contributed by atoms with Gasteiger partial charge >= 0.3 is 0 Å². The number of amides is 2. The van der Waals surface area contributed by atoms with Crippen LogP contribution in [0.2, 0.25) is 0 Å². The fourth-order valence-electron chi connectivity index (χ4n) is 0.866. The van der Waals surface area contributed by atoms with Gasteiger partial charge in [-0.1, -0.05) is 0 Å². The molecular formula is C6H2N4O2. The highest BCUT2D eigenvalue weighted by Crippen LogP contribution is 2.21. The van der Waals surface area contributed by atoms with Crippen LogP contribution in [-0.2, 0) is 9.59 Å².